The predicted molar refractivity (Wildman–Crippen MR) is 90.3 cm³/mol. The molecule has 1 aliphatic heterocycles. The van der Waals surface area contributed by atoms with E-state index in [1.165, 1.54) is 18.4 Å². The summed E-state index contributed by atoms with van der Waals surface area (Å²) >= 11 is 0. The largest absolute Gasteiger partial charge is 0.323 e. The Balaban J connectivity index is 2.06. The van der Waals surface area contributed by atoms with Gasteiger partial charge in [-0.25, -0.2) is 0 Å². The van der Waals surface area contributed by atoms with Crippen molar-refractivity contribution in [2.75, 3.05) is 27.2 Å². The van der Waals surface area contributed by atoms with Gasteiger partial charge in [0.2, 0.25) is 0 Å². The third-order valence-corrected chi connectivity index (χ3v) is 4.89. The van der Waals surface area contributed by atoms with Gasteiger partial charge in [0, 0.05) is 31.2 Å². The van der Waals surface area contributed by atoms with Gasteiger partial charge in [-0.2, -0.15) is 0 Å². The summed E-state index contributed by atoms with van der Waals surface area (Å²) in [5.41, 5.74) is 7.87. The standard InChI is InChI=1S/C18H31N3/c1-14(2)18(17(19)15-8-6-5-7-9-15)21-12-10-16(11-13-21)20(3)4/h5-9,14,16-18H,10-13,19H2,1-4H3. The van der Waals surface area contributed by atoms with Crippen molar-refractivity contribution in [2.45, 2.75) is 44.8 Å². The molecule has 2 N–H and O–H groups in total. The van der Waals surface area contributed by atoms with Gasteiger partial charge in [-0.05, 0) is 38.4 Å². The Morgan fingerprint density at radius 1 is 1.10 bits per heavy atom. The molecule has 118 valence electrons. The van der Waals surface area contributed by atoms with E-state index in [1.807, 2.05) is 0 Å². The lowest BCUT2D eigenvalue weighted by Gasteiger charge is -2.43. The van der Waals surface area contributed by atoms with E-state index in [2.05, 4.69) is 68.1 Å². The molecule has 1 fully saturated rings. The van der Waals surface area contributed by atoms with E-state index in [4.69, 9.17) is 5.73 Å². The van der Waals surface area contributed by atoms with Crippen molar-refractivity contribution in [3.05, 3.63) is 35.9 Å². The van der Waals surface area contributed by atoms with E-state index in [0.717, 1.165) is 19.1 Å². The van der Waals surface area contributed by atoms with Gasteiger partial charge in [0.05, 0.1) is 0 Å². The summed E-state index contributed by atoms with van der Waals surface area (Å²) in [5, 5.41) is 0. The van der Waals surface area contributed by atoms with Crippen LogP contribution >= 0.6 is 0 Å². The Morgan fingerprint density at radius 3 is 2.14 bits per heavy atom. The molecule has 3 heteroatoms. The Hall–Kier alpha value is -0.900. The van der Waals surface area contributed by atoms with E-state index in [1.54, 1.807) is 0 Å². The van der Waals surface area contributed by atoms with E-state index in [-0.39, 0.29) is 6.04 Å². The molecular weight excluding hydrogens is 258 g/mol. The highest BCUT2D eigenvalue weighted by molar-refractivity contribution is 5.20. The molecule has 0 spiro atoms. The normalized spacial score (nSPS) is 20.9. The van der Waals surface area contributed by atoms with Gasteiger partial charge in [0.1, 0.15) is 0 Å². The molecule has 1 aromatic carbocycles. The number of piperidine rings is 1. The second kappa shape index (κ2) is 7.39. The highest BCUT2D eigenvalue weighted by Crippen LogP contribution is 2.28. The molecule has 1 saturated heterocycles. The summed E-state index contributed by atoms with van der Waals surface area (Å²) in [5.74, 6) is 0.566. The number of hydrogen-bond donors (Lipinski definition) is 1. The van der Waals surface area contributed by atoms with Crippen LogP contribution in [0.5, 0.6) is 0 Å². The molecule has 2 atom stereocenters. The molecule has 0 bridgehead atoms. The van der Waals surface area contributed by atoms with Crippen molar-refractivity contribution in [3.63, 3.8) is 0 Å². The lowest BCUT2D eigenvalue weighted by atomic mass is 9.88. The topological polar surface area (TPSA) is 32.5 Å². The second-order valence-corrected chi connectivity index (χ2v) is 6.90. The van der Waals surface area contributed by atoms with Crippen LogP contribution in [0, 0.1) is 5.92 Å². The predicted octanol–water partition coefficient (Wildman–Crippen LogP) is 2.74. The van der Waals surface area contributed by atoms with Gasteiger partial charge in [-0.3, -0.25) is 4.90 Å². The Bertz CT molecular complexity index is 408. The number of nitrogens with two attached hydrogens (primary N) is 1. The molecule has 1 aromatic rings. The Kier molecular flexibility index (Phi) is 5.80. The van der Waals surface area contributed by atoms with Crippen LogP contribution in [0.2, 0.25) is 0 Å². The van der Waals surface area contributed by atoms with E-state index in [0.29, 0.717) is 12.0 Å². The molecule has 3 nitrogen and oxygen atoms in total. The summed E-state index contributed by atoms with van der Waals surface area (Å²) in [6.45, 7) is 6.91. The van der Waals surface area contributed by atoms with Crippen molar-refractivity contribution in [1.29, 1.82) is 0 Å². The molecule has 1 heterocycles. The fourth-order valence-electron chi connectivity index (χ4n) is 3.64. The molecule has 2 rings (SSSR count). The lowest BCUT2D eigenvalue weighted by Crippen LogP contribution is -2.51. The second-order valence-electron chi connectivity index (χ2n) is 6.90. The van der Waals surface area contributed by atoms with Gasteiger partial charge in [-0.15, -0.1) is 0 Å². The summed E-state index contributed by atoms with van der Waals surface area (Å²) < 4.78 is 0. The monoisotopic (exact) mass is 289 g/mol. The first kappa shape index (κ1) is 16.5. The van der Waals surface area contributed by atoms with Crippen molar-refractivity contribution >= 4 is 0 Å². The zero-order chi connectivity index (χ0) is 15.4. The number of rotatable bonds is 5. The van der Waals surface area contributed by atoms with Gasteiger partial charge in [0.15, 0.2) is 0 Å². The maximum atomic E-state index is 6.61. The SMILES string of the molecule is CC(C)C(C(N)c1ccccc1)N1CCC(N(C)C)CC1. The first-order valence-corrected chi connectivity index (χ1v) is 8.21. The lowest BCUT2D eigenvalue weighted by molar-refractivity contribution is 0.0732. The molecule has 21 heavy (non-hydrogen) atoms. The fraction of sp³-hybridized carbons (Fsp3) is 0.667. The molecule has 0 aromatic heterocycles. The zero-order valence-electron chi connectivity index (χ0n) is 14.0. The van der Waals surface area contributed by atoms with Gasteiger partial charge < -0.3 is 10.6 Å². The van der Waals surface area contributed by atoms with Crippen LogP contribution in [0.15, 0.2) is 30.3 Å². The van der Waals surface area contributed by atoms with Crippen molar-refractivity contribution < 1.29 is 0 Å². The minimum atomic E-state index is 0.0992. The van der Waals surface area contributed by atoms with Crippen LogP contribution in [0.3, 0.4) is 0 Å². The summed E-state index contributed by atoms with van der Waals surface area (Å²) in [7, 11) is 4.38. The van der Waals surface area contributed by atoms with Crippen LogP contribution in [0.25, 0.3) is 0 Å². The first-order valence-electron chi connectivity index (χ1n) is 8.21. The molecule has 0 saturated carbocycles. The zero-order valence-corrected chi connectivity index (χ0v) is 14.0. The van der Waals surface area contributed by atoms with Crippen molar-refractivity contribution in [1.82, 2.24) is 9.80 Å². The fourth-order valence-corrected chi connectivity index (χ4v) is 3.64. The third-order valence-electron chi connectivity index (χ3n) is 4.89. The molecule has 0 radical (unpaired) electrons. The van der Waals surface area contributed by atoms with Crippen LogP contribution < -0.4 is 5.73 Å². The average Bonchev–Trinajstić information content (AvgIpc) is 2.48. The van der Waals surface area contributed by atoms with E-state index in [9.17, 15) is 0 Å². The summed E-state index contributed by atoms with van der Waals surface area (Å²) in [4.78, 5) is 4.97. The number of likely N-dealkylation sites (tertiary alicyclic amines) is 1. The summed E-state index contributed by atoms with van der Waals surface area (Å²) in [6.07, 6.45) is 2.50. The summed E-state index contributed by atoms with van der Waals surface area (Å²) in [6, 6.07) is 11.8. The van der Waals surface area contributed by atoms with Crippen molar-refractivity contribution in [2.24, 2.45) is 11.7 Å². The van der Waals surface area contributed by atoms with Gasteiger partial charge in [0.25, 0.3) is 0 Å². The maximum Gasteiger partial charge on any atom is 0.0455 e. The highest BCUT2D eigenvalue weighted by atomic mass is 15.2. The quantitative estimate of drug-likeness (QED) is 0.904. The van der Waals surface area contributed by atoms with Gasteiger partial charge >= 0.3 is 0 Å². The number of benzene rings is 1. The van der Waals surface area contributed by atoms with Crippen LogP contribution in [-0.4, -0.2) is 49.1 Å². The molecular formula is C18H31N3. The highest BCUT2D eigenvalue weighted by Gasteiger charge is 2.32. The van der Waals surface area contributed by atoms with Crippen LogP contribution in [0.4, 0.5) is 0 Å². The minimum absolute atomic E-state index is 0.0992. The minimum Gasteiger partial charge on any atom is -0.323 e. The van der Waals surface area contributed by atoms with Gasteiger partial charge in [-0.1, -0.05) is 44.2 Å². The van der Waals surface area contributed by atoms with Crippen LogP contribution in [0.1, 0.15) is 38.3 Å². The smallest absolute Gasteiger partial charge is 0.0455 e. The Labute approximate surface area is 130 Å². The van der Waals surface area contributed by atoms with Crippen LogP contribution in [-0.2, 0) is 0 Å². The third kappa shape index (κ3) is 4.06. The van der Waals surface area contributed by atoms with E-state index >= 15 is 0 Å². The number of nitrogens with zero attached hydrogens (tertiary/aromatic N) is 2. The first-order chi connectivity index (χ1) is 10.0. The Morgan fingerprint density at radius 2 is 1.67 bits per heavy atom. The molecule has 1 aliphatic rings. The molecule has 0 amide bonds. The van der Waals surface area contributed by atoms with E-state index < -0.39 is 0 Å². The maximum absolute atomic E-state index is 6.61. The average molecular weight is 289 g/mol. The van der Waals surface area contributed by atoms with Crippen molar-refractivity contribution in [3.8, 4) is 0 Å². The number of hydrogen-bond acceptors (Lipinski definition) is 3. The molecule has 0 aliphatic carbocycles. The molecule has 2 unspecified atom stereocenters.